The standard InChI is InChI=1S/C12H14FNO2S2/c13-8-1-2-11(10(5-8)12(15)16)14-6-9-7-17-3-4-18-9/h1-2,5,9,14H,3-4,6-7H2,(H,15,16). The van der Waals surface area contributed by atoms with Gasteiger partial charge < -0.3 is 10.4 Å². The van der Waals surface area contributed by atoms with E-state index in [4.69, 9.17) is 5.11 Å². The molecule has 0 aliphatic carbocycles. The second-order valence-corrected chi connectivity index (χ2v) is 6.50. The maximum atomic E-state index is 13.0. The Hall–Kier alpha value is -0.880. The van der Waals surface area contributed by atoms with Gasteiger partial charge in [-0.3, -0.25) is 0 Å². The van der Waals surface area contributed by atoms with Gasteiger partial charge >= 0.3 is 5.97 Å². The Bertz CT molecular complexity index is 436. The molecule has 1 saturated heterocycles. The molecular weight excluding hydrogens is 273 g/mol. The van der Waals surface area contributed by atoms with Crippen molar-refractivity contribution >= 4 is 35.2 Å². The van der Waals surface area contributed by atoms with Crippen molar-refractivity contribution in [3.05, 3.63) is 29.6 Å². The molecule has 1 atom stereocenters. The molecule has 0 amide bonds. The van der Waals surface area contributed by atoms with E-state index in [0.29, 0.717) is 17.5 Å². The predicted molar refractivity (Wildman–Crippen MR) is 75.4 cm³/mol. The van der Waals surface area contributed by atoms with E-state index in [0.717, 1.165) is 17.6 Å². The molecule has 1 aliphatic rings. The Balaban J connectivity index is 2.01. The van der Waals surface area contributed by atoms with Crippen molar-refractivity contribution in [3.63, 3.8) is 0 Å². The average molecular weight is 287 g/mol. The quantitative estimate of drug-likeness (QED) is 0.892. The summed E-state index contributed by atoms with van der Waals surface area (Å²) in [7, 11) is 0. The summed E-state index contributed by atoms with van der Waals surface area (Å²) in [5.74, 6) is 1.74. The van der Waals surface area contributed by atoms with Crippen LogP contribution in [0.3, 0.4) is 0 Å². The fourth-order valence-electron chi connectivity index (χ4n) is 1.73. The highest BCUT2D eigenvalue weighted by molar-refractivity contribution is 8.06. The van der Waals surface area contributed by atoms with E-state index in [1.54, 1.807) is 0 Å². The molecule has 1 aromatic rings. The molecule has 2 rings (SSSR count). The van der Waals surface area contributed by atoms with Crippen molar-refractivity contribution in [2.45, 2.75) is 5.25 Å². The summed E-state index contributed by atoms with van der Waals surface area (Å²) in [5.41, 5.74) is 0.475. The second-order valence-electron chi connectivity index (χ2n) is 3.94. The first-order valence-corrected chi connectivity index (χ1v) is 7.83. The Morgan fingerprint density at radius 1 is 1.50 bits per heavy atom. The van der Waals surface area contributed by atoms with Crippen LogP contribution in [0, 0.1) is 5.82 Å². The van der Waals surface area contributed by atoms with Crippen LogP contribution < -0.4 is 5.32 Å². The summed E-state index contributed by atoms with van der Waals surface area (Å²) in [6, 6.07) is 3.81. The molecule has 1 heterocycles. The third kappa shape index (κ3) is 3.55. The molecule has 98 valence electrons. The highest BCUT2D eigenvalue weighted by atomic mass is 32.2. The molecule has 0 aromatic heterocycles. The molecule has 1 aliphatic heterocycles. The van der Waals surface area contributed by atoms with Crippen molar-refractivity contribution in [3.8, 4) is 0 Å². The van der Waals surface area contributed by atoms with Gasteiger partial charge in [0.1, 0.15) is 5.82 Å². The Labute approximate surface area is 114 Å². The third-order valence-electron chi connectivity index (χ3n) is 2.62. The van der Waals surface area contributed by atoms with Crippen molar-refractivity contribution in [2.75, 3.05) is 29.1 Å². The Morgan fingerprint density at radius 2 is 2.33 bits per heavy atom. The summed E-state index contributed by atoms with van der Waals surface area (Å²) in [6.07, 6.45) is 0. The van der Waals surface area contributed by atoms with Crippen LogP contribution in [-0.2, 0) is 0 Å². The van der Waals surface area contributed by atoms with Gasteiger partial charge in [-0.25, -0.2) is 9.18 Å². The van der Waals surface area contributed by atoms with Gasteiger partial charge in [0, 0.05) is 34.7 Å². The summed E-state index contributed by atoms with van der Waals surface area (Å²) in [6.45, 7) is 0.712. The van der Waals surface area contributed by atoms with Gasteiger partial charge in [-0.1, -0.05) is 0 Å². The van der Waals surface area contributed by atoms with Crippen molar-refractivity contribution in [2.24, 2.45) is 0 Å². The lowest BCUT2D eigenvalue weighted by atomic mass is 10.1. The van der Waals surface area contributed by atoms with Crippen LogP contribution in [0.1, 0.15) is 10.4 Å². The van der Waals surface area contributed by atoms with E-state index in [1.165, 1.54) is 17.9 Å². The SMILES string of the molecule is O=C(O)c1cc(F)ccc1NCC1CSCCS1. The monoisotopic (exact) mass is 287 g/mol. The van der Waals surface area contributed by atoms with Gasteiger partial charge in [0.25, 0.3) is 0 Å². The lowest BCUT2D eigenvalue weighted by Crippen LogP contribution is -2.23. The lowest BCUT2D eigenvalue weighted by molar-refractivity contribution is 0.0697. The third-order valence-corrected chi connectivity index (χ3v) is 5.46. The first kappa shape index (κ1) is 13.5. The summed E-state index contributed by atoms with van der Waals surface area (Å²) in [4.78, 5) is 11.0. The average Bonchev–Trinajstić information content (AvgIpc) is 2.38. The minimum atomic E-state index is -1.11. The highest BCUT2D eigenvalue weighted by Crippen LogP contribution is 2.25. The summed E-state index contributed by atoms with van der Waals surface area (Å²) < 4.78 is 13.0. The maximum Gasteiger partial charge on any atom is 0.337 e. The van der Waals surface area contributed by atoms with Crippen LogP contribution in [0.15, 0.2) is 18.2 Å². The number of carboxylic acid groups (broad SMARTS) is 1. The normalized spacial score (nSPS) is 19.5. The Kier molecular flexibility index (Phi) is 4.77. The smallest absolute Gasteiger partial charge is 0.337 e. The number of hydrogen-bond acceptors (Lipinski definition) is 4. The molecule has 1 fully saturated rings. The fraction of sp³-hybridized carbons (Fsp3) is 0.417. The molecule has 6 heteroatoms. The molecule has 1 unspecified atom stereocenters. The molecule has 0 saturated carbocycles. The van der Waals surface area contributed by atoms with Gasteiger partial charge in [0.15, 0.2) is 0 Å². The summed E-state index contributed by atoms with van der Waals surface area (Å²) in [5, 5.41) is 12.6. The van der Waals surface area contributed by atoms with E-state index in [1.807, 2.05) is 23.5 Å². The van der Waals surface area contributed by atoms with E-state index < -0.39 is 11.8 Å². The number of hydrogen-bond donors (Lipinski definition) is 2. The van der Waals surface area contributed by atoms with Gasteiger partial charge in [-0.2, -0.15) is 23.5 Å². The fourth-order valence-corrected chi connectivity index (χ4v) is 4.34. The number of carboxylic acids is 1. The zero-order valence-corrected chi connectivity index (χ0v) is 11.3. The Morgan fingerprint density at radius 3 is 3.00 bits per heavy atom. The number of nitrogens with one attached hydrogen (secondary N) is 1. The van der Waals surface area contributed by atoms with Crippen molar-refractivity contribution in [1.29, 1.82) is 0 Å². The van der Waals surface area contributed by atoms with Crippen LogP contribution in [0.4, 0.5) is 10.1 Å². The predicted octanol–water partition coefficient (Wildman–Crippen LogP) is 2.78. The minimum absolute atomic E-state index is 0.0107. The number of anilines is 1. The molecule has 2 N–H and O–H groups in total. The van der Waals surface area contributed by atoms with E-state index in [2.05, 4.69) is 5.32 Å². The number of rotatable bonds is 4. The minimum Gasteiger partial charge on any atom is -0.478 e. The molecule has 0 bridgehead atoms. The topological polar surface area (TPSA) is 49.3 Å². The first-order chi connectivity index (χ1) is 8.66. The molecule has 3 nitrogen and oxygen atoms in total. The van der Waals surface area contributed by atoms with Gasteiger partial charge in [0.05, 0.1) is 5.56 Å². The number of carbonyl (C=O) groups is 1. The molecular formula is C12H14FNO2S2. The number of halogens is 1. The highest BCUT2D eigenvalue weighted by Gasteiger charge is 2.16. The van der Waals surface area contributed by atoms with Crippen LogP contribution in [-0.4, -0.2) is 40.1 Å². The van der Waals surface area contributed by atoms with Crippen LogP contribution in [0.25, 0.3) is 0 Å². The second kappa shape index (κ2) is 6.33. The molecule has 1 aromatic carbocycles. The van der Waals surface area contributed by atoms with Crippen molar-refractivity contribution in [1.82, 2.24) is 0 Å². The maximum absolute atomic E-state index is 13.0. The molecule has 0 radical (unpaired) electrons. The van der Waals surface area contributed by atoms with Crippen LogP contribution in [0.5, 0.6) is 0 Å². The zero-order chi connectivity index (χ0) is 13.0. The number of benzene rings is 1. The summed E-state index contributed by atoms with van der Waals surface area (Å²) >= 11 is 3.81. The zero-order valence-electron chi connectivity index (χ0n) is 9.69. The van der Waals surface area contributed by atoms with Crippen LogP contribution >= 0.6 is 23.5 Å². The first-order valence-electron chi connectivity index (χ1n) is 5.63. The van der Waals surface area contributed by atoms with Gasteiger partial charge in [0.2, 0.25) is 0 Å². The van der Waals surface area contributed by atoms with Crippen molar-refractivity contribution < 1.29 is 14.3 Å². The van der Waals surface area contributed by atoms with E-state index in [9.17, 15) is 9.18 Å². The molecule has 18 heavy (non-hydrogen) atoms. The van der Waals surface area contributed by atoms with Gasteiger partial charge in [-0.15, -0.1) is 0 Å². The number of thioether (sulfide) groups is 2. The van der Waals surface area contributed by atoms with Gasteiger partial charge in [-0.05, 0) is 18.2 Å². The van der Waals surface area contributed by atoms with E-state index in [-0.39, 0.29) is 5.56 Å². The lowest BCUT2D eigenvalue weighted by Gasteiger charge is -2.22. The number of aromatic carboxylic acids is 1. The molecule has 0 spiro atoms. The largest absolute Gasteiger partial charge is 0.478 e. The van der Waals surface area contributed by atoms with E-state index >= 15 is 0 Å². The van der Waals surface area contributed by atoms with Crippen LogP contribution in [0.2, 0.25) is 0 Å².